The summed E-state index contributed by atoms with van der Waals surface area (Å²) in [5.41, 5.74) is 0. The van der Waals surface area contributed by atoms with Crippen LogP contribution < -0.4 is 4.72 Å². The molecule has 0 saturated carbocycles. The van der Waals surface area contributed by atoms with Crippen LogP contribution in [0, 0.1) is 0 Å². The summed E-state index contributed by atoms with van der Waals surface area (Å²) in [6.07, 6.45) is 2.65. The van der Waals surface area contributed by atoms with Gasteiger partial charge in [-0.3, -0.25) is 0 Å². The lowest BCUT2D eigenvalue weighted by molar-refractivity contribution is 0.547. The van der Waals surface area contributed by atoms with E-state index in [2.05, 4.69) is 35.9 Å². The van der Waals surface area contributed by atoms with Gasteiger partial charge in [-0.05, 0) is 29.3 Å². The van der Waals surface area contributed by atoms with Crippen LogP contribution in [0.4, 0.5) is 0 Å². The Bertz CT molecular complexity index is 690. The van der Waals surface area contributed by atoms with Crippen LogP contribution in [-0.2, 0) is 23.5 Å². The number of rotatable bonds is 5. The first-order valence-electron chi connectivity index (χ1n) is 5.87. The molecule has 0 radical (unpaired) electrons. The summed E-state index contributed by atoms with van der Waals surface area (Å²) < 4.78 is 28.6. The van der Waals surface area contributed by atoms with E-state index in [1.807, 2.05) is 6.92 Å². The second-order valence-electron chi connectivity index (χ2n) is 4.17. The minimum absolute atomic E-state index is 0.00313. The number of halogens is 1. The molecule has 10 heteroatoms. The molecule has 2 aromatic heterocycles. The minimum atomic E-state index is -3.72. The molecular weight excluding hydrogens is 366 g/mol. The number of aryl methyl sites for hydroxylation is 2. The zero-order valence-electron chi connectivity index (χ0n) is 11.2. The van der Waals surface area contributed by atoms with Crippen LogP contribution in [-0.4, -0.2) is 28.4 Å². The van der Waals surface area contributed by atoms with Crippen LogP contribution in [0.1, 0.15) is 29.8 Å². The van der Waals surface area contributed by atoms with Gasteiger partial charge in [0.2, 0.25) is 5.03 Å². The van der Waals surface area contributed by atoms with Crippen molar-refractivity contribution in [3.05, 3.63) is 20.7 Å². The van der Waals surface area contributed by atoms with Gasteiger partial charge in [0.15, 0.2) is 4.60 Å². The molecule has 0 aromatic carbocycles. The second kappa shape index (κ2) is 5.88. The Hall–Kier alpha value is -0.840. The smallest absolute Gasteiger partial charge is 0.248 e. The van der Waals surface area contributed by atoms with Gasteiger partial charge in [-0.2, -0.15) is 0 Å². The van der Waals surface area contributed by atoms with Crippen molar-refractivity contribution in [1.29, 1.82) is 0 Å². The van der Waals surface area contributed by atoms with E-state index in [0.29, 0.717) is 0 Å². The third-order valence-corrected chi connectivity index (χ3v) is 6.37. The van der Waals surface area contributed by atoms with Gasteiger partial charge in [-0.25, -0.2) is 22.8 Å². The Kier molecular flexibility index (Phi) is 4.57. The van der Waals surface area contributed by atoms with Crippen molar-refractivity contribution in [2.24, 2.45) is 7.05 Å². The number of aromatic nitrogens is 4. The number of hydrogen-bond donors (Lipinski definition) is 1. The van der Waals surface area contributed by atoms with E-state index >= 15 is 0 Å². The number of sulfonamides is 1. The topological polar surface area (TPSA) is 89.8 Å². The average molecular weight is 380 g/mol. The fourth-order valence-corrected chi connectivity index (χ4v) is 4.87. The highest BCUT2D eigenvalue weighted by atomic mass is 79.9. The Morgan fingerprint density at radius 1 is 1.55 bits per heavy atom. The molecule has 0 saturated heterocycles. The first kappa shape index (κ1) is 15.5. The summed E-state index contributed by atoms with van der Waals surface area (Å²) in [5.74, 6) is 0. The Morgan fingerprint density at radius 2 is 2.25 bits per heavy atom. The van der Waals surface area contributed by atoms with Crippen LogP contribution in [0.15, 0.2) is 15.8 Å². The summed E-state index contributed by atoms with van der Waals surface area (Å²) in [7, 11) is -2.19. The number of nitrogens with zero attached hydrogens (tertiary/aromatic N) is 4. The molecule has 2 rings (SSSR count). The molecule has 2 aromatic rings. The van der Waals surface area contributed by atoms with Crippen molar-refractivity contribution in [3.8, 4) is 0 Å². The maximum absolute atomic E-state index is 12.3. The highest BCUT2D eigenvalue weighted by Crippen LogP contribution is 2.24. The van der Waals surface area contributed by atoms with E-state index in [9.17, 15) is 8.42 Å². The van der Waals surface area contributed by atoms with Gasteiger partial charge in [0.05, 0.1) is 6.04 Å². The number of thiazole rings is 1. The van der Waals surface area contributed by atoms with E-state index in [0.717, 1.165) is 16.3 Å². The molecule has 0 bridgehead atoms. The molecule has 0 spiro atoms. The molecule has 0 aliphatic carbocycles. The molecule has 7 nitrogen and oxygen atoms in total. The lowest BCUT2D eigenvalue weighted by atomic mass is 10.4. The summed E-state index contributed by atoms with van der Waals surface area (Å²) in [4.78, 5) is 5.36. The van der Waals surface area contributed by atoms with E-state index in [1.54, 1.807) is 13.1 Å². The maximum Gasteiger partial charge on any atom is 0.261 e. The van der Waals surface area contributed by atoms with E-state index < -0.39 is 16.1 Å². The average Bonchev–Trinajstić information content (AvgIpc) is 2.95. The normalized spacial score (nSPS) is 13.6. The molecule has 0 fully saturated rings. The molecule has 2 heterocycles. The Morgan fingerprint density at radius 3 is 2.75 bits per heavy atom. The molecule has 1 N–H and O–H groups in total. The fraction of sp³-hybridized carbons (Fsp3) is 0.500. The standard InChI is InChI=1S/C10H14BrN5O2S2/c1-4-7-5-12-9(19-7)6(2)14-20(17,18)10-8(11)13-15-16(10)3/h5-6,14H,4H2,1-3H3. The van der Waals surface area contributed by atoms with Gasteiger partial charge in [0, 0.05) is 18.1 Å². The molecule has 0 amide bonds. The number of hydrogen-bond acceptors (Lipinski definition) is 6. The van der Waals surface area contributed by atoms with E-state index in [1.165, 1.54) is 23.1 Å². The molecular formula is C10H14BrN5O2S2. The highest BCUT2D eigenvalue weighted by molar-refractivity contribution is 9.10. The first-order valence-corrected chi connectivity index (χ1v) is 8.96. The maximum atomic E-state index is 12.3. The van der Waals surface area contributed by atoms with Crippen molar-refractivity contribution in [2.45, 2.75) is 31.3 Å². The summed E-state index contributed by atoms with van der Waals surface area (Å²) in [6, 6.07) is -0.410. The molecule has 1 unspecified atom stereocenters. The van der Waals surface area contributed by atoms with Crippen molar-refractivity contribution in [1.82, 2.24) is 24.7 Å². The van der Waals surface area contributed by atoms with Gasteiger partial charge < -0.3 is 0 Å². The van der Waals surface area contributed by atoms with Crippen LogP contribution in [0.3, 0.4) is 0 Å². The largest absolute Gasteiger partial charge is 0.261 e. The zero-order chi connectivity index (χ0) is 14.9. The van der Waals surface area contributed by atoms with Gasteiger partial charge in [0.25, 0.3) is 10.0 Å². The summed E-state index contributed by atoms with van der Waals surface area (Å²) >= 11 is 4.59. The predicted octanol–water partition coefficient (Wildman–Crippen LogP) is 1.64. The van der Waals surface area contributed by atoms with Crippen LogP contribution in [0.2, 0.25) is 0 Å². The monoisotopic (exact) mass is 379 g/mol. The summed E-state index contributed by atoms with van der Waals surface area (Å²) in [6.45, 7) is 3.79. The van der Waals surface area contributed by atoms with E-state index in [4.69, 9.17) is 0 Å². The fourth-order valence-electron chi connectivity index (χ4n) is 1.63. The highest BCUT2D eigenvalue weighted by Gasteiger charge is 2.26. The van der Waals surface area contributed by atoms with Crippen molar-refractivity contribution >= 4 is 37.3 Å². The van der Waals surface area contributed by atoms with Crippen molar-refractivity contribution in [3.63, 3.8) is 0 Å². The number of nitrogens with one attached hydrogen (secondary N) is 1. The van der Waals surface area contributed by atoms with Crippen molar-refractivity contribution < 1.29 is 8.42 Å². The third kappa shape index (κ3) is 3.08. The van der Waals surface area contributed by atoms with Crippen molar-refractivity contribution in [2.75, 3.05) is 0 Å². The van der Waals surface area contributed by atoms with E-state index in [-0.39, 0.29) is 9.63 Å². The molecule has 0 aliphatic heterocycles. The van der Waals surface area contributed by atoms with Gasteiger partial charge in [-0.1, -0.05) is 12.1 Å². The zero-order valence-corrected chi connectivity index (χ0v) is 14.4. The SMILES string of the molecule is CCc1cnc(C(C)NS(=O)(=O)c2c(Br)nnn2C)s1. The van der Waals surface area contributed by atoms with Crippen LogP contribution in [0.5, 0.6) is 0 Å². The molecule has 20 heavy (non-hydrogen) atoms. The van der Waals surface area contributed by atoms with Gasteiger partial charge in [-0.15, -0.1) is 16.4 Å². The lowest BCUT2D eigenvalue weighted by Crippen LogP contribution is -2.28. The minimum Gasteiger partial charge on any atom is -0.248 e. The Balaban J connectivity index is 2.24. The Labute approximate surface area is 129 Å². The van der Waals surface area contributed by atoms with Crippen LogP contribution in [0.25, 0.3) is 0 Å². The van der Waals surface area contributed by atoms with Gasteiger partial charge in [0.1, 0.15) is 5.01 Å². The predicted molar refractivity (Wildman–Crippen MR) is 78.9 cm³/mol. The summed E-state index contributed by atoms with van der Waals surface area (Å²) in [5, 5.41) is 8.07. The second-order valence-corrected chi connectivity index (χ2v) is 7.70. The molecule has 110 valence electrons. The van der Waals surface area contributed by atoms with Gasteiger partial charge >= 0.3 is 0 Å². The molecule has 1 atom stereocenters. The first-order chi connectivity index (χ1) is 9.35. The third-order valence-electron chi connectivity index (χ3n) is 2.61. The lowest BCUT2D eigenvalue weighted by Gasteiger charge is -2.11. The van der Waals surface area contributed by atoms with Crippen LogP contribution >= 0.6 is 27.3 Å². The quantitative estimate of drug-likeness (QED) is 0.852. The molecule has 0 aliphatic rings.